The number of benzene rings is 2. The Labute approximate surface area is 127 Å². The van der Waals surface area contributed by atoms with E-state index in [4.69, 9.17) is 17.3 Å². The molecule has 0 atom stereocenters. The molecule has 0 fully saturated rings. The summed E-state index contributed by atoms with van der Waals surface area (Å²) in [5.74, 6) is -0.107. The van der Waals surface area contributed by atoms with Crippen molar-refractivity contribution in [1.29, 1.82) is 0 Å². The predicted octanol–water partition coefficient (Wildman–Crippen LogP) is 3.92. The van der Waals surface area contributed by atoms with Gasteiger partial charge in [-0.1, -0.05) is 23.7 Å². The highest BCUT2D eigenvalue weighted by Crippen LogP contribution is 2.29. The number of nitrogen functional groups attached to an aromatic ring is 1. The normalized spacial score (nSPS) is 10.3. The van der Waals surface area contributed by atoms with E-state index in [-0.39, 0.29) is 5.91 Å². The van der Waals surface area contributed by atoms with E-state index in [0.717, 1.165) is 4.90 Å². The molecule has 0 saturated carbocycles. The van der Waals surface area contributed by atoms with Crippen molar-refractivity contribution >= 4 is 40.6 Å². The molecule has 3 nitrogen and oxygen atoms in total. The Morgan fingerprint density at radius 2 is 1.95 bits per heavy atom. The third-order valence-corrected chi connectivity index (χ3v) is 4.03. The molecule has 0 bridgehead atoms. The molecule has 1 amide bonds. The van der Waals surface area contributed by atoms with E-state index in [2.05, 4.69) is 0 Å². The molecule has 0 unspecified atom stereocenters. The second kappa shape index (κ2) is 6.20. The topological polar surface area (TPSA) is 46.3 Å². The molecule has 0 aliphatic heterocycles. The van der Waals surface area contributed by atoms with Gasteiger partial charge in [0.1, 0.15) is 0 Å². The molecule has 0 aliphatic carbocycles. The van der Waals surface area contributed by atoms with Gasteiger partial charge in [0, 0.05) is 17.0 Å². The lowest BCUT2D eigenvalue weighted by molar-refractivity contribution is 0.0990. The van der Waals surface area contributed by atoms with Crippen molar-refractivity contribution in [3.05, 3.63) is 53.1 Å². The van der Waals surface area contributed by atoms with Crippen molar-refractivity contribution in [1.82, 2.24) is 0 Å². The first-order valence-corrected chi connectivity index (χ1v) is 7.61. The summed E-state index contributed by atoms with van der Waals surface area (Å²) in [6.07, 6.45) is 1.94. The fraction of sp³-hybridized carbons (Fsp3) is 0.133. The van der Waals surface area contributed by atoms with E-state index in [1.807, 2.05) is 30.5 Å². The number of halogens is 1. The number of carbonyl (C=O) groups excluding carboxylic acids is 1. The molecule has 0 spiro atoms. The number of anilines is 2. The van der Waals surface area contributed by atoms with Crippen molar-refractivity contribution in [3.63, 3.8) is 0 Å². The second-order valence-corrected chi connectivity index (χ2v) is 5.55. The Balaban J connectivity index is 2.40. The molecule has 2 aromatic rings. The van der Waals surface area contributed by atoms with Gasteiger partial charge in [0.25, 0.3) is 5.91 Å². The third-order valence-electron chi connectivity index (χ3n) is 3.00. The van der Waals surface area contributed by atoms with Gasteiger partial charge in [0.05, 0.1) is 16.9 Å². The molecule has 0 aliphatic rings. The molecule has 2 aromatic carbocycles. The maximum atomic E-state index is 12.6. The molecular formula is C15H15ClN2OS. The van der Waals surface area contributed by atoms with E-state index in [1.165, 1.54) is 16.7 Å². The first-order valence-electron chi connectivity index (χ1n) is 6.00. The van der Waals surface area contributed by atoms with Crippen LogP contribution in [0.5, 0.6) is 0 Å². The van der Waals surface area contributed by atoms with Crippen molar-refractivity contribution in [2.45, 2.75) is 4.90 Å². The van der Waals surface area contributed by atoms with E-state index in [0.29, 0.717) is 22.0 Å². The SMILES string of the molecule is CSc1ccccc1C(=O)N(C)c1cc(Cl)ccc1N. The van der Waals surface area contributed by atoms with Crippen molar-refractivity contribution in [2.24, 2.45) is 0 Å². The van der Waals surface area contributed by atoms with E-state index in [1.54, 1.807) is 25.2 Å². The van der Waals surface area contributed by atoms with Crippen LogP contribution in [-0.4, -0.2) is 19.2 Å². The highest BCUT2D eigenvalue weighted by atomic mass is 35.5. The number of carbonyl (C=O) groups is 1. The molecular weight excluding hydrogens is 292 g/mol. The summed E-state index contributed by atoms with van der Waals surface area (Å²) in [6.45, 7) is 0. The second-order valence-electron chi connectivity index (χ2n) is 4.27. The molecule has 2 rings (SSSR count). The standard InChI is InChI=1S/C15H15ClN2OS/c1-18(13-9-10(16)7-8-12(13)17)15(19)11-5-3-4-6-14(11)20-2/h3-9H,17H2,1-2H3. The monoisotopic (exact) mass is 306 g/mol. The first kappa shape index (κ1) is 14.8. The Morgan fingerprint density at radius 1 is 1.25 bits per heavy atom. The predicted molar refractivity (Wildman–Crippen MR) is 86.8 cm³/mol. The lowest BCUT2D eigenvalue weighted by Gasteiger charge is -2.20. The Morgan fingerprint density at radius 3 is 2.65 bits per heavy atom. The first-order chi connectivity index (χ1) is 9.54. The fourth-order valence-corrected chi connectivity index (χ4v) is 2.67. The van der Waals surface area contributed by atoms with Gasteiger partial charge in [0.15, 0.2) is 0 Å². The zero-order valence-corrected chi connectivity index (χ0v) is 12.8. The quantitative estimate of drug-likeness (QED) is 0.690. The van der Waals surface area contributed by atoms with Gasteiger partial charge in [-0.3, -0.25) is 4.79 Å². The van der Waals surface area contributed by atoms with Crippen LogP contribution in [0.25, 0.3) is 0 Å². The van der Waals surface area contributed by atoms with Crippen LogP contribution in [0, 0.1) is 0 Å². The zero-order valence-electron chi connectivity index (χ0n) is 11.3. The number of hydrogen-bond donors (Lipinski definition) is 1. The summed E-state index contributed by atoms with van der Waals surface area (Å²) >= 11 is 7.51. The lowest BCUT2D eigenvalue weighted by atomic mass is 10.1. The van der Waals surface area contributed by atoms with Crippen LogP contribution >= 0.6 is 23.4 Å². The minimum atomic E-state index is -0.107. The molecule has 2 N–H and O–H groups in total. The van der Waals surface area contributed by atoms with Crippen LogP contribution in [0.1, 0.15) is 10.4 Å². The fourth-order valence-electron chi connectivity index (χ4n) is 1.92. The van der Waals surface area contributed by atoms with Gasteiger partial charge >= 0.3 is 0 Å². The number of thioether (sulfide) groups is 1. The van der Waals surface area contributed by atoms with Crippen molar-refractivity contribution < 1.29 is 4.79 Å². The van der Waals surface area contributed by atoms with E-state index in [9.17, 15) is 4.79 Å². The van der Waals surface area contributed by atoms with E-state index >= 15 is 0 Å². The van der Waals surface area contributed by atoms with Crippen molar-refractivity contribution in [2.75, 3.05) is 23.9 Å². The summed E-state index contributed by atoms with van der Waals surface area (Å²) < 4.78 is 0. The van der Waals surface area contributed by atoms with Crippen LogP contribution in [0.2, 0.25) is 5.02 Å². The number of rotatable bonds is 3. The molecule has 0 radical (unpaired) electrons. The third kappa shape index (κ3) is 2.92. The van der Waals surface area contributed by atoms with Crippen LogP contribution in [0.15, 0.2) is 47.4 Å². The summed E-state index contributed by atoms with van der Waals surface area (Å²) in [5, 5.41) is 0.548. The molecule has 104 valence electrons. The minimum Gasteiger partial charge on any atom is -0.397 e. The van der Waals surface area contributed by atoms with Gasteiger partial charge in [0.2, 0.25) is 0 Å². The van der Waals surface area contributed by atoms with Crippen LogP contribution < -0.4 is 10.6 Å². The molecule has 0 aromatic heterocycles. The zero-order chi connectivity index (χ0) is 14.7. The maximum absolute atomic E-state index is 12.6. The number of nitrogens with two attached hydrogens (primary N) is 1. The van der Waals surface area contributed by atoms with Crippen LogP contribution in [-0.2, 0) is 0 Å². The molecule has 20 heavy (non-hydrogen) atoms. The Hall–Kier alpha value is -1.65. The average molecular weight is 307 g/mol. The largest absolute Gasteiger partial charge is 0.397 e. The van der Waals surface area contributed by atoms with Gasteiger partial charge in [-0.25, -0.2) is 0 Å². The maximum Gasteiger partial charge on any atom is 0.259 e. The lowest BCUT2D eigenvalue weighted by Crippen LogP contribution is -2.27. The Bertz CT molecular complexity index is 646. The number of amides is 1. The van der Waals surface area contributed by atoms with E-state index < -0.39 is 0 Å². The number of nitrogens with zero attached hydrogens (tertiary/aromatic N) is 1. The van der Waals surface area contributed by atoms with Crippen LogP contribution in [0.4, 0.5) is 11.4 Å². The molecule has 0 heterocycles. The van der Waals surface area contributed by atoms with Crippen LogP contribution in [0.3, 0.4) is 0 Å². The van der Waals surface area contributed by atoms with Gasteiger partial charge < -0.3 is 10.6 Å². The summed E-state index contributed by atoms with van der Waals surface area (Å²) in [5.41, 5.74) is 7.70. The minimum absolute atomic E-state index is 0.107. The smallest absolute Gasteiger partial charge is 0.259 e. The van der Waals surface area contributed by atoms with Gasteiger partial charge in [-0.2, -0.15) is 0 Å². The summed E-state index contributed by atoms with van der Waals surface area (Å²) in [6, 6.07) is 12.6. The van der Waals surface area contributed by atoms with Gasteiger partial charge in [-0.15, -0.1) is 11.8 Å². The highest BCUT2D eigenvalue weighted by molar-refractivity contribution is 7.98. The average Bonchev–Trinajstić information content (AvgIpc) is 2.48. The van der Waals surface area contributed by atoms with Gasteiger partial charge in [-0.05, 0) is 36.6 Å². The Kier molecular flexibility index (Phi) is 4.57. The summed E-state index contributed by atoms with van der Waals surface area (Å²) in [4.78, 5) is 15.1. The van der Waals surface area contributed by atoms with Crippen molar-refractivity contribution in [3.8, 4) is 0 Å². The molecule has 5 heteroatoms. The number of hydrogen-bond acceptors (Lipinski definition) is 3. The molecule has 0 saturated heterocycles. The highest BCUT2D eigenvalue weighted by Gasteiger charge is 2.18. The summed E-state index contributed by atoms with van der Waals surface area (Å²) in [7, 11) is 1.70.